The molecule has 1 aliphatic rings. The summed E-state index contributed by atoms with van der Waals surface area (Å²) in [6, 6.07) is 0. The molecule has 0 spiro atoms. The number of cyclic esters (lactones) is 2. The van der Waals surface area contributed by atoms with Gasteiger partial charge >= 0.3 is 17.9 Å². The van der Waals surface area contributed by atoms with Crippen LogP contribution in [0, 0.1) is 0 Å². The molecule has 0 aromatic carbocycles. The van der Waals surface area contributed by atoms with Crippen molar-refractivity contribution in [2.45, 2.75) is 5.97 Å². The van der Waals surface area contributed by atoms with E-state index in [2.05, 4.69) is 9.47 Å². The van der Waals surface area contributed by atoms with E-state index in [9.17, 15) is 14.7 Å². The second-order valence-electron chi connectivity index (χ2n) is 3.28. The molecule has 18 heavy (non-hydrogen) atoms. The van der Waals surface area contributed by atoms with E-state index in [1.165, 1.54) is 0 Å². The SMILES string of the molecule is O=C1C=CC(=O)OC(O)(COCCOCCO)O1. The first-order chi connectivity index (χ1) is 8.56. The lowest BCUT2D eigenvalue weighted by Crippen LogP contribution is -2.43. The first kappa shape index (κ1) is 14.6. The fourth-order valence-electron chi connectivity index (χ4n) is 1.08. The predicted octanol–water partition coefficient (Wildman–Crippen LogP) is -1.69. The van der Waals surface area contributed by atoms with Crippen LogP contribution in [-0.2, 0) is 28.5 Å². The van der Waals surface area contributed by atoms with Crippen LogP contribution in [0.15, 0.2) is 12.2 Å². The van der Waals surface area contributed by atoms with Gasteiger partial charge in [-0.2, -0.15) is 0 Å². The Hall–Kier alpha value is -1.48. The second kappa shape index (κ2) is 7.07. The molecule has 0 fully saturated rings. The van der Waals surface area contributed by atoms with Crippen molar-refractivity contribution in [3.8, 4) is 0 Å². The van der Waals surface area contributed by atoms with Crippen molar-refractivity contribution >= 4 is 11.9 Å². The Morgan fingerprint density at radius 1 is 1.06 bits per heavy atom. The van der Waals surface area contributed by atoms with Gasteiger partial charge in [0, 0.05) is 12.2 Å². The van der Waals surface area contributed by atoms with Gasteiger partial charge in [-0.3, -0.25) is 0 Å². The highest BCUT2D eigenvalue weighted by atomic mass is 16.9. The predicted molar refractivity (Wildman–Crippen MR) is 55.0 cm³/mol. The summed E-state index contributed by atoms with van der Waals surface area (Å²) < 4.78 is 18.8. The third kappa shape index (κ3) is 5.23. The number of carbonyl (C=O) groups excluding carboxylic acids is 2. The van der Waals surface area contributed by atoms with Crippen LogP contribution in [0.5, 0.6) is 0 Å². The average molecular weight is 262 g/mol. The molecule has 0 unspecified atom stereocenters. The Kier molecular flexibility index (Phi) is 5.72. The number of esters is 2. The van der Waals surface area contributed by atoms with Crippen molar-refractivity contribution in [3.63, 3.8) is 0 Å². The number of hydrogen-bond donors (Lipinski definition) is 2. The van der Waals surface area contributed by atoms with Gasteiger partial charge in [0.25, 0.3) is 0 Å². The molecule has 1 heterocycles. The third-order valence-corrected chi connectivity index (χ3v) is 1.77. The van der Waals surface area contributed by atoms with Crippen LogP contribution in [0.25, 0.3) is 0 Å². The lowest BCUT2D eigenvalue weighted by Gasteiger charge is -2.24. The molecule has 0 aromatic rings. The van der Waals surface area contributed by atoms with Crippen molar-refractivity contribution in [1.82, 2.24) is 0 Å². The molecule has 0 atom stereocenters. The maximum absolute atomic E-state index is 11.0. The Morgan fingerprint density at radius 2 is 1.61 bits per heavy atom. The highest BCUT2D eigenvalue weighted by Crippen LogP contribution is 2.14. The number of aliphatic hydroxyl groups excluding tert-OH is 1. The van der Waals surface area contributed by atoms with Crippen molar-refractivity contribution < 1.29 is 38.7 Å². The Bertz CT molecular complexity index is 304. The van der Waals surface area contributed by atoms with Gasteiger partial charge in [0.2, 0.25) is 0 Å². The van der Waals surface area contributed by atoms with Gasteiger partial charge in [-0.1, -0.05) is 0 Å². The lowest BCUT2D eigenvalue weighted by molar-refractivity contribution is -0.336. The summed E-state index contributed by atoms with van der Waals surface area (Å²) in [6.07, 6.45) is 1.68. The van der Waals surface area contributed by atoms with Crippen LogP contribution in [-0.4, -0.2) is 61.2 Å². The molecular weight excluding hydrogens is 248 g/mol. The largest absolute Gasteiger partial charge is 0.398 e. The highest BCUT2D eigenvalue weighted by Gasteiger charge is 2.37. The van der Waals surface area contributed by atoms with Crippen LogP contribution in [0.2, 0.25) is 0 Å². The van der Waals surface area contributed by atoms with Crippen LogP contribution < -0.4 is 0 Å². The van der Waals surface area contributed by atoms with E-state index >= 15 is 0 Å². The summed E-state index contributed by atoms with van der Waals surface area (Å²) >= 11 is 0. The van der Waals surface area contributed by atoms with Gasteiger partial charge in [-0.15, -0.1) is 0 Å². The van der Waals surface area contributed by atoms with Crippen LogP contribution in [0.4, 0.5) is 0 Å². The molecule has 0 saturated carbocycles. The van der Waals surface area contributed by atoms with Crippen molar-refractivity contribution in [1.29, 1.82) is 0 Å². The normalized spacial score (nSPS) is 18.1. The van der Waals surface area contributed by atoms with E-state index in [0.717, 1.165) is 12.2 Å². The molecule has 102 valence electrons. The molecule has 0 saturated heterocycles. The molecule has 0 bridgehead atoms. The minimum absolute atomic E-state index is 0.0742. The number of ether oxygens (including phenoxy) is 4. The van der Waals surface area contributed by atoms with Gasteiger partial charge < -0.3 is 29.2 Å². The van der Waals surface area contributed by atoms with Crippen LogP contribution in [0.3, 0.4) is 0 Å². The van der Waals surface area contributed by atoms with Crippen molar-refractivity contribution in [3.05, 3.63) is 12.2 Å². The second-order valence-corrected chi connectivity index (χ2v) is 3.28. The van der Waals surface area contributed by atoms with Gasteiger partial charge in [0.1, 0.15) is 0 Å². The molecule has 1 rings (SSSR count). The van der Waals surface area contributed by atoms with Gasteiger partial charge in [-0.25, -0.2) is 9.59 Å². The van der Waals surface area contributed by atoms with E-state index in [0.29, 0.717) is 0 Å². The van der Waals surface area contributed by atoms with Crippen molar-refractivity contribution in [2.75, 3.05) is 33.0 Å². The van der Waals surface area contributed by atoms with E-state index in [1.807, 2.05) is 0 Å². The minimum Gasteiger partial charge on any atom is -0.394 e. The molecule has 0 radical (unpaired) electrons. The maximum Gasteiger partial charge on any atom is 0.398 e. The van der Waals surface area contributed by atoms with E-state index in [4.69, 9.17) is 14.6 Å². The summed E-state index contributed by atoms with van der Waals surface area (Å²) in [5.41, 5.74) is 0. The molecule has 8 heteroatoms. The van der Waals surface area contributed by atoms with Gasteiger partial charge in [0.15, 0.2) is 6.61 Å². The summed E-state index contributed by atoms with van der Waals surface area (Å²) in [7, 11) is 0. The topological polar surface area (TPSA) is 112 Å². The molecule has 8 nitrogen and oxygen atoms in total. The molecule has 2 N–H and O–H groups in total. The summed E-state index contributed by atoms with van der Waals surface area (Å²) in [5, 5.41) is 18.1. The third-order valence-electron chi connectivity index (χ3n) is 1.77. The van der Waals surface area contributed by atoms with Crippen molar-refractivity contribution in [2.24, 2.45) is 0 Å². The van der Waals surface area contributed by atoms with Crippen LogP contribution >= 0.6 is 0 Å². The van der Waals surface area contributed by atoms with Gasteiger partial charge in [0.05, 0.1) is 26.4 Å². The smallest absolute Gasteiger partial charge is 0.394 e. The first-order valence-electron chi connectivity index (χ1n) is 5.18. The number of rotatable bonds is 7. The van der Waals surface area contributed by atoms with E-state index < -0.39 is 24.5 Å². The number of aliphatic hydroxyl groups is 2. The maximum atomic E-state index is 11.0. The highest BCUT2D eigenvalue weighted by molar-refractivity contribution is 5.93. The summed E-state index contributed by atoms with van der Waals surface area (Å²) in [5.74, 6) is -4.26. The summed E-state index contributed by atoms with van der Waals surface area (Å²) in [6.45, 7) is -0.220. The average Bonchev–Trinajstić information content (AvgIpc) is 2.43. The number of hydrogen-bond acceptors (Lipinski definition) is 8. The Labute approximate surface area is 103 Å². The zero-order valence-electron chi connectivity index (χ0n) is 9.53. The summed E-state index contributed by atoms with van der Waals surface area (Å²) in [4.78, 5) is 22.0. The molecular formula is C10H14O8. The fourth-order valence-corrected chi connectivity index (χ4v) is 1.08. The van der Waals surface area contributed by atoms with Gasteiger partial charge in [-0.05, 0) is 0 Å². The Balaban J connectivity index is 2.30. The monoisotopic (exact) mass is 262 g/mol. The first-order valence-corrected chi connectivity index (χ1v) is 5.18. The number of carbonyl (C=O) groups is 2. The zero-order chi connectivity index (χ0) is 13.4. The molecule has 0 aromatic heterocycles. The minimum atomic E-state index is -2.44. The van der Waals surface area contributed by atoms with E-state index in [-0.39, 0.29) is 26.4 Å². The molecule has 0 aliphatic carbocycles. The fraction of sp³-hybridized carbons (Fsp3) is 0.600. The standard InChI is InChI=1S/C10H14O8/c11-3-4-15-5-6-16-7-10(14)17-8(12)1-2-9(13)18-10/h1-2,11,14H,3-7H2. The molecule has 0 amide bonds. The molecule has 1 aliphatic heterocycles. The zero-order valence-corrected chi connectivity index (χ0v) is 9.53. The van der Waals surface area contributed by atoms with E-state index in [1.54, 1.807) is 0 Å². The lowest BCUT2D eigenvalue weighted by atomic mass is 10.5. The van der Waals surface area contributed by atoms with Crippen LogP contribution in [0.1, 0.15) is 0 Å². The quantitative estimate of drug-likeness (QED) is 0.413. The Morgan fingerprint density at radius 3 is 2.17 bits per heavy atom.